The number of benzene rings is 1. The molecular formula is C11H14N4O. The minimum Gasteiger partial charge on any atom is -0.326 e. The quantitative estimate of drug-likeness (QED) is 0.710. The van der Waals surface area contributed by atoms with Gasteiger partial charge < -0.3 is 11.1 Å². The van der Waals surface area contributed by atoms with Gasteiger partial charge in [-0.1, -0.05) is 0 Å². The predicted molar refractivity (Wildman–Crippen MR) is 63.0 cm³/mol. The Balaban J connectivity index is 2.59. The van der Waals surface area contributed by atoms with E-state index < -0.39 is 0 Å². The summed E-state index contributed by atoms with van der Waals surface area (Å²) in [6.45, 7) is 3.79. The lowest BCUT2D eigenvalue weighted by molar-refractivity contribution is -0.114. The van der Waals surface area contributed by atoms with E-state index in [0.29, 0.717) is 6.54 Å². The molecule has 1 aromatic carbocycles. The van der Waals surface area contributed by atoms with E-state index in [0.717, 1.165) is 27.8 Å². The van der Waals surface area contributed by atoms with E-state index in [9.17, 15) is 4.79 Å². The van der Waals surface area contributed by atoms with Crippen molar-refractivity contribution in [2.75, 3.05) is 5.32 Å². The lowest BCUT2D eigenvalue weighted by Crippen LogP contribution is -2.10. The van der Waals surface area contributed by atoms with Crippen molar-refractivity contribution in [1.82, 2.24) is 10.2 Å². The third kappa shape index (κ3) is 1.77. The van der Waals surface area contributed by atoms with Gasteiger partial charge in [0, 0.05) is 24.5 Å². The van der Waals surface area contributed by atoms with Gasteiger partial charge in [0.2, 0.25) is 5.91 Å². The lowest BCUT2D eigenvalue weighted by atomic mass is 10.1. The van der Waals surface area contributed by atoms with Gasteiger partial charge in [0.1, 0.15) is 0 Å². The molecule has 0 atom stereocenters. The average molecular weight is 218 g/mol. The van der Waals surface area contributed by atoms with Gasteiger partial charge in [-0.3, -0.25) is 9.89 Å². The molecule has 0 radical (unpaired) electrons. The number of carbonyl (C=O) groups excluding carboxylic acids is 1. The van der Waals surface area contributed by atoms with Crippen LogP contribution in [0.1, 0.15) is 18.2 Å². The van der Waals surface area contributed by atoms with Gasteiger partial charge in [-0.05, 0) is 24.6 Å². The molecule has 0 aliphatic rings. The molecular weight excluding hydrogens is 204 g/mol. The Hall–Kier alpha value is -1.88. The molecule has 5 nitrogen and oxygen atoms in total. The zero-order valence-corrected chi connectivity index (χ0v) is 9.29. The Labute approximate surface area is 93.0 Å². The van der Waals surface area contributed by atoms with Crippen molar-refractivity contribution in [3.8, 4) is 0 Å². The number of anilines is 1. The second kappa shape index (κ2) is 3.94. The number of amides is 1. The number of hydrogen-bond donors (Lipinski definition) is 3. The third-order valence-corrected chi connectivity index (χ3v) is 2.51. The van der Waals surface area contributed by atoms with Crippen LogP contribution < -0.4 is 11.1 Å². The zero-order valence-electron chi connectivity index (χ0n) is 9.29. The summed E-state index contributed by atoms with van der Waals surface area (Å²) in [6.07, 6.45) is 0. The molecule has 0 bridgehead atoms. The molecule has 0 aliphatic heterocycles. The number of fused-ring (bicyclic) bond motifs is 1. The van der Waals surface area contributed by atoms with E-state index in [2.05, 4.69) is 15.5 Å². The first kappa shape index (κ1) is 10.6. The van der Waals surface area contributed by atoms with Gasteiger partial charge in [0.05, 0.1) is 11.2 Å². The first-order chi connectivity index (χ1) is 7.61. The van der Waals surface area contributed by atoms with Crippen LogP contribution in [0.4, 0.5) is 5.69 Å². The van der Waals surface area contributed by atoms with Crippen LogP contribution in [0.3, 0.4) is 0 Å². The van der Waals surface area contributed by atoms with Crippen molar-refractivity contribution < 1.29 is 4.79 Å². The van der Waals surface area contributed by atoms with Crippen molar-refractivity contribution in [3.63, 3.8) is 0 Å². The van der Waals surface area contributed by atoms with E-state index in [4.69, 9.17) is 5.73 Å². The molecule has 0 saturated carbocycles. The van der Waals surface area contributed by atoms with E-state index in [-0.39, 0.29) is 5.91 Å². The number of carbonyl (C=O) groups is 1. The van der Waals surface area contributed by atoms with Gasteiger partial charge in [-0.25, -0.2) is 0 Å². The maximum Gasteiger partial charge on any atom is 0.221 e. The van der Waals surface area contributed by atoms with Gasteiger partial charge in [-0.2, -0.15) is 5.10 Å². The Bertz CT molecular complexity index is 544. The summed E-state index contributed by atoms with van der Waals surface area (Å²) >= 11 is 0. The van der Waals surface area contributed by atoms with Crippen LogP contribution in [-0.4, -0.2) is 16.1 Å². The van der Waals surface area contributed by atoms with Crippen molar-refractivity contribution in [1.29, 1.82) is 0 Å². The summed E-state index contributed by atoms with van der Waals surface area (Å²) in [5.74, 6) is -0.106. The molecule has 2 rings (SSSR count). The molecule has 0 spiro atoms. The standard InChI is InChI=1S/C11H14N4O/c1-6-9-3-8(5-12)10(13-7(2)16)4-11(9)15-14-6/h3-4H,5,12H2,1-2H3,(H,13,16)(H,14,15). The van der Waals surface area contributed by atoms with E-state index in [1.54, 1.807) is 0 Å². The molecule has 0 saturated heterocycles. The molecule has 4 N–H and O–H groups in total. The van der Waals surface area contributed by atoms with Crippen LogP contribution in [-0.2, 0) is 11.3 Å². The smallest absolute Gasteiger partial charge is 0.221 e. The third-order valence-electron chi connectivity index (χ3n) is 2.51. The summed E-state index contributed by atoms with van der Waals surface area (Å²) in [4.78, 5) is 11.0. The van der Waals surface area contributed by atoms with Crippen LogP contribution in [0.5, 0.6) is 0 Å². The van der Waals surface area contributed by atoms with Crippen LogP contribution in [0.15, 0.2) is 12.1 Å². The summed E-state index contributed by atoms with van der Waals surface area (Å²) in [7, 11) is 0. The Morgan fingerprint density at radius 1 is 1.56 bits per heavy atom. The Kier molecular flexibility index (Phi) is 2.62. The summed E-state index contributed by atoms with van der Waals surface area (Å²) < 4.78 is 0. The highest BCUT2D eigenvalue weighted by Gasteiger charge is 2.08. The summed E-state index contributed by atoms with van der Waals surface area (Å²) in [5.41, 5.74) is 9.14. The molecule has 5 heteroatoms. The molecule has 84 valence electrons. The molecule has 1 amide bonds. The fourth-order valence-corrected chi connectivity index (χ4v) is 1.72. The lowest BCUT2D eigenvalue weighted by Gasteiger charge is -2.08. The van der Waals surface area contributed by atoms with Gasteiger partial charge in [0.25, 0.3) is 0 Å². The molecule has 0 fully saturated rings. The fraction of sp³-hybridized carbons (Fsp3) is 0.273. The van der Waals surface area contributed by atoms with E-state index >= 15 is 0 Å². The molecule has 0 aliphatic carbocycles. The predicted octanol–water partition coefficient (Wildman–Crippen LogP) is 1.29. The topological polar surface area (TPSA) is 83.8 Å². The number of aromatic nitrogens is 2. The van der Waals surface area contributed by atoms with Crippen molar-refractivity contribution in [2.24, 2.45) is 5.73 Å². The number of nitrogens with one attached hydrogen (secondary N) is 2. The zero-order chi connectivity index (χ0) is 11.7. The van der Waals surface area contributed by atoms with Crippen LogP contribution in [0, 0.1) is 6.92 Å². The number of H-pyrrole nitrogens is 1. The molecule has 2 aromatic rings. The molecule has 1 aromatic heterocycles. The highest BCUT2D eigenvalue weighted by Crippen LogP contribution is 2.24. The minimum absolute atomic E-state index is 0.106. The number of aromatic amines is 1. The second-order valence-electron chi connectivity index (χ2n) is 3.75. The maximum absolute atomic E-state index is 11.0. The largest absolute Gasteiger partial charge is 0.326 e. The van der Waals surface area contributed by atoms with Crippen LogP contribution in [0.2, 0.25) is 0 Å². The number of aryl methyl sites for hydroxylation is 1. The number of hydrogen-bond acceptors (Lipinski definition) is 3. The Morgan fingerprint density at radius 3 is 2.94 bits per heavy atom. The van der Waals surface area contributed by atoms with Crippen molar-refractivity contribution >= 4 is 22.5 Å². The molecule has 16 heavy (non-hydrogen) atoms. The van der Waals surface area contributed by atoms with Gasteiger partial charge >= 0.3 is 0 Å². The average Bonchev–Trinajstić information content (AvgIpc) is 2.58. The normalized spacial score (nSPS) is 10.7. The SMILES string of the molecule is CC(=O)Nc1cc2[nH]nc(C)c2cc1CN. The highest BCUT2D eigenvalue weighted by molar-refractivity contribution is 5.94. The van der Waals surface area contributed by atoms with Gasteiger partial charge in [0.15, 0.2) is 0 Å². The Morgan fingerprint density at radius 2 is 2.31 bits per heavy atom. The molecule has 1 heterocycles. The van der Waals surface area contributed by atoms with E-state index in [1.807, 2.05) is 19.1 Å². The molecule has 0 unspecified atom stereocenters. The number of rotatable bonds is 2. The second-order valence-corrected chi connectivity index (χ2v) is 3.75. The first-order valence-electron chi connectivity index (χ1n) is 5.07. The highest BCUT2D eigenvalue weighted by atomic mass is 16.1. The van der Waals surface area contributed by atoms with Crippen molar-refractivity contribution in [2.45, 2.75) is 20.4 Å². The monoisotopic (exact) mass is 218 g/mol. The van der Waals surface area contributed by atoms with Crippen LogP contribution in [0.25, 0.3) is 10.9 Å². The van der Waals surface area contributed by atoms with Gasteiger partial charge in [-0.15, -0.1) is 0 Å². The number of nitrogens with zero attached hydrogens (tertiary/aromatic N) is 1. The maximum atomic E-state index is 11.0. The first-order valence-corrected chi connectivity index (χ1v) is 5.07. The summed E-state index contributed by atoms with van der Waals surface area (Å²) in [5, 5.41) is 10.8. The van der Waals surface area contributed by atoms with Crippen molar-refractivity contribution in [3.05, 3.63) is 23.4 Å². The minimum atomic E-state index is -0.106. The van der Waals surface area contributed by atoms with E-state index in [1.165, 1.54) is 6.92 Å². The number of nitrogens with two attached hydrogens (primary N) is 1. The fourth-order valence-electron chi connectivity index (χ4n) is 1.72. The summed E-state index contributed by atoms with van der Waals surface area (Å²) in [6, 6.07) is 3.82. The van der Waals surface area contributed by atoms with Crippen LogP contribution >= 0.6 is 0 Å².